The lowest BCUT2D eigenvalue weighted by atomic mass is 9.97. The molecular weight excluding hydrogens is 126 g/mol. The highest BCUT2D eigenvalue weighted by atomic mass is 16.5. The van der Waals surface area contributed by atoms with E-state index >= 15 is 0 Å². The molecule has 0 spiro atoms. The van der Waals surface area contributed by atoms with Crippen molar-refractivity contribution in [3.63, 3.8) is 0 Å². The number of hydrogen-bond donors (Lipinski definition) is 0. The molecule has 58 valence electrons. The SMILES string of the molecule is CCC1CCC=NC1OC. The van der Waals surface area contributed by atoms with Gasteiger partial charge in [0.05, 0.1) is 0 Å². The molecular formula is C8H15NO. The van der Waals surface area contributed by atoms with E-state index in [0.717, 1.165) is 6.42 Å². The van der Waals surface area contributed by atoms with Crippen LogP contribution in [0.5, 0.6) is 0 Å². The molecule has 1 aliphatic heterocycles. The van der Waals surface area contributed by atoms with Crippen molar-refractivity contribution < 1.29 is 4.74 Å². The molecule has 1 aliphatic rings. The van der Waals surface area contributed by atoms with Crippen LogP contribution in [0.25, 0.3) is 0 Å². The molecule has 0 N–H and O–H groups in total. The molecule has 0 aliphatic carbocycles. The van der Waals surface area contributed by atoms with Gasteiger partial charge in [-0.15, -0.1) is 0 Å². The van der Waals surface area contributed by atoms with Crippen LogP contribution < -0.4 is 0 Å². The van der Waals surface area contributed by atoms with Gasteiger partial charge in [-0.1, -0.05) is 6.92 Å². The highest BCUT2D eigenvalue weighted by molar-refractivity contribution is 5.58. The summed E-state index contributed by atoms with van der Waals surface area (Å²) in [4.78, 5) is 4.25. The third-order valence-corrected chi connectivity index (χ3v) is 2.09. The quantitative estimate of drug-likeness (QED) is 0.575. The molecule has 0 aromatic carbocycles. The van der Waals surface area contributed by atoms with Crippen LogP contribution in [-0.4, -0.2) is 19.6 Å². The zero-order valence-corrected chi connectivity index (χ0v) is 6.71. The van der Waals surface area contributed by atoms with Crippen LogP contribution in [0.4, 0.5) is 0 Å². The first kappa shape index (κ1) is 7.73. The van der Waals surface area contributed by atoms with Gasteiger partial charge in [0, 0.05) is 19.2 Å². The lowest BCUT2D eigenvalue weighted by Crippen LogP contribution is -2.23. The van der Waals surface area contributed by atoms with Gasteiger partial charge >= 0.3 is 0 Å². The first-order valence-corrected chi connectivity index (χ1v) is 3.93. The maximum absolute atomic E-state index is 5.20. The Morgan fingerprint density at radius 2 is 2.50 bits per heavy atom. The zero-order chi connectivity index (χ0) is 7.40. The van der Waals surface area contributed by atoms with Crippen molar-refractivity contribution in [2.45, 2.75) is 32.4 Å². The van der Waals surface area contributed by atoms with Gasteiger partial charge in [-0.05, 0) is 19.3 Å². The topological polar surface area (TPSA) is 21.6 Å². The minimum atomic E-state index is 0.138. The average molecular weight is 141 g/mol. The molecule has 0 fully saturated rings. The Labute approximate surface area is 62.3 Å². The molecule has 2 atom stereocenters. The number of aliphatic imine (C=N–C) groups is 1. The van der Waals surface area contributed by atoms with Gasteiger partial charge in [0.2, 0.25) is 0 Å². The van der Waals surface area contributed by atoms with Gasteiger partial charge in [0.1, 0.15) is 6.23 Å². The first-order valence-electron chi connectivity index (χ1n) is 3.93. The summed E-state index contributed by atoms with van der Waals surface area (Å²) in [6.45, 7) is 2.19. The number of methoxy groups -OCH3 is 1. The number of rotatable bonds is 2. The van der Waals surface area contributed by atoms with Crippen LogP contribution in [0.15, 0.2) is 4.99 Å². The van der Waals surface area contributed by atoms with Crippen LogP contribution >= 0.6 is 0 Å². The van der Waals surface area contributed by atoms with Crippen LogP contribution in [0.1, 0.15) is 26.2 Å². The van der Waals surface area contributed by atoms with Gasteiger partial charge in [0.25, 0.3) is 0 Å². The molecule has 0 saturated carbocycles. The standard InChI is InChI=1S/C8H15NO/c1-3-7-5-4-6-9-8(7)10-2/h6-8H,3-5H2,1-2H3. The molecule has 2 nitrogen and oxygen atoms in total. The van der Waals surface area contributed by atoms with Crippen LogP contribution in [0.3, 0.4) is 0 Å². The summed E-state index contributed by atoms with van der Waals surface area (Å²) in [7, 11) is 1.73. The monoisotopic (exact) mass is 141 g/mol. The normalized spacial score (nSPS) is 32.6. The molecule has 10 heavy (non-hydrogen) atoms. The van der Waals surface area contributed by atoms with Crippen LogP contribution in [-0.2, 0) is 4.74 Å². The second-order valence-corrected chi connectivity index (χ2v) is 2.70. The zero-order valence-electron chi connectivity index (χ0n) is 6.71. The maximum atomic E-state index is 5.20. The predicted octanol–water partition coefficient (Wildman–Crippen LogP) is 1.85. The van der Waals surface area contributed by atoms with E-state index in [2.05, 4.69) is 11.9 Å². The van der Waals surface area contributed by atoms with Gasteiger partial charge < -0.3 is 4.74 Å². The molecule has 2 heteroatoms. The van der Waals surface area contributed by atoms with E-state index in [0.29, 0.717) is 5.92 Å². The molecule has 0 saturated heterocycles. The summed E-state index contributed by atoms with van der Waals surface area (Å²) in [5.74, 6) is 0.648. The smallest absolute Gasteiger partial charge is 0.150 e. The Bertz CT molecular complexity index is 122. The van der Waals surface area contributed by atoms with Gasteiger partial charge in [-0.3, -0.25) is 4.99 Å². The van der Waals surface area contributed by atoms with Crippen molar-refractivity contribution in [2.75, 3.05) is 7.11 Å². The third kappa shape index (κ3) is 1.57. The highest BCUT2D eigenvalue weighted by Crippen LogP contribution is 2.21. The Hall–Kier alpha value is -0.370. The summed E-state index contributed by atoms with van der Waals surface area (Å²) in [6.07, 6.45) is 5.64. The van der Waals surface area contributed by atoms with Gasteiger partial charge in [0.15, 0.2) is 0 Å². The summed E-state index contributed by atoms with van der Waals surface area (Å²) in [6, 6.07) is 0. The van der Waals surface area contributed by atoms with Crippen molar-refractivity contribution in [3.8, 4) is 0 Å². The lowest BCUT2D eigenvalue weighted by Gasteiger charge is -2.23. The Morgan fingerprint density at radius 3 is 3.00 bits per heavy atom. The summed E-state index contributed by atoms with van der Waals surface area (Å²) in [5, 5.41) is 0. The fraction of sp³-hybridized carbons (Fsp3) is 0.875. The number of ether oxygens (including phenoxy) is 1. The van der Waals surface area contributed by atoms with Gasteiger partial charge in [-0.2, -0.15) is 0 Å². The van der Waals surface area contributed by atoms with E-state index in [1.54, 1.807) is 7.11 Å². The fourth-order valence-corrected chi connectivity index (χ4v) is 1.39. The minimum Gasteiger partial charge on any atom is -0.360 e. The maximum Gasteiger partial charge on any atom is 0.150 e. The second kappa shape index (κ2) is 3.71. The largest absolute Gasteiger partial charge is 0.360 e. The Morgan fingerprint density at radius 1 is 1.70 bits per heavy atom. The second-order valence-electron chi connectivity index (χ2n) is 2.70. The highest BCUT2D eigenvalue weighted by Gasteiger charge is 2.19. The first-order chi connectivity index (χ1) is 4.88. The Kier molecular flexibility index (Phi) is 2.87. The average Bonchev–Trinajstić information content (AvgIpc) is 2.04. The van der Waals surface area contributed by atoms with Crippen LogP contribution in [0, 0.1) is 5.92 Å². The van der Waals surface area contributed by atoms with E-state index in [1.165, 1.54) is 12.8 Å². The van der Waals surface area contributed by atoms with Crippen molar-refractivity contribution >= 4 is 6.21 Å². The summed E-state index contributed by atoms with van der Waals surface area (Å²) >= 11 is 0. The van der Waals surface area contributed by atoms with Crippen molar-refractivity contribution in [2.24, 2.45) is 10.9 Å². The molecule has 0 amide bonds. The lowest BCUT2D eigenvalue weighted by molar-refractivity contribution is 0.0508. The van der Waals surface area contributed by atoms with Crippen LogP contribution in [0.2, 0.25) is 0 Å². The summed E-state index contributed by atoms with van der Waals surface area (Å²) in [5.41, 5.74) is 0. The number of hydrogen-bond acceptors (Lipinski definition) is 2. The third-order valence-electron chi connectivity index (χ3n) is 2.09. The van der Waals surface area contributed by atoms with Gasteiger partial charge in [-0.25, -0.2) is 0 Å². The van der Waals surface area contributed by atoms with E-state index in [9.17, 15) is 0 Å². The van der Waals surface area contributed by atoms with E-state index < -0.39 is 0 Å². The molecule has 1 rings (SSSR count). The van der Waals surface area contributed by atoms with Crippen molar-refractivity contribution in [3.05, 3.63) is 0 Å². The Balaban J connectivity index is 2.47. The number of nitrogens with zero attached hydrogens (tertiary/aromatic N) is 1. The fourth-order valence-electron chi connectivity index (χ4n) is 1.39. The van der Waals surface area contributed by atoms with E-state index in [4.69, 9.17) is 4.74 Å². The van der Waals surface area contributed by atoms with Crippen molar-refractivity contribution in [1.29, 1.82) is 0 Å². The minimum absolute atomic E-state index is 0.138. The molecule has 0 bridgehead atoms. The van der Waals surface area contributed by atoms with E-state index in [1.807, 2.05) is 6.21 Å². The molecule has 0 aromatic rings. The van der Waals surface area contributed by atoms with Crippen molar-refractivity contribution in [1.82, 2.24) is 0 Å². The molecule has 2 unspecified atom stereocenters. The molecule has 0 aromatic heterocycles. The molecule has 1 heterocycles. The summed E-state index contributed by atoms with van der Waals surface area (Å²) < 4.78 is 5.20. The molecule has 0 radical (unpaired) electrons. The predicted molar refractivity (Wildman–Crippen MR) is 42.3 cm³/mol. The van der Waals surface area contributed by atoms with E-state index in [-0.39, 0.29) is 6.23 Å².